The van der Waals surface area contributed by atoms with E-state index in [-0.39, 0.29) is 23.2 Å². The van der Waals surface area contributed by atoms with Crippen LogP contribution in [0.15, 0.2) is 47.6 Å². The van der Waals surface area contributed by atoms with Crippen molar-refractivity contribution in [2.75, 3.05) is 19.8 Å². The summed E-state index contributed by atoms with van der Waals surface area (Å²) in [5.74, 6) is -0.00453. The zero-order valence-electron chi connectivity index (χ0n) is 18.1. The first kappa shape index (κ1) is 24.9. The number of likely N-dealkylation sites (N-methyl/N-ethyl adjacent to an activating group) is 1. The lowest BCUT2D eigenvalue weighted by atomic mass is 9.75. The van der Waals surface area contributed by atoms with Gasteiger partial charge >= 0.3 is 6.18 Å². The van der Waals surface area contributed by atoms with Crippen molar-refractivity contribution in [1.29, 1.82) is 0 Å². The molecule has 32 heavy (non-hydrogen) atoms. The first-order chi connectivity index (χ1) is 15.1. The average Bonchev–Trinajstić information content (AvgIpc) is 2.75. The zero-order chi connectivity index (χ0) is 23.4. The molecule has 1 amide bonds. The predicted molar refractivity (Wildman–Crippen MR) is 122 cm³/mol. The number of hydrogen-bond acceptors (Lipinski definition) is 4. The van der Waals surface area contributed by atoms with Crippen LogP contribution in [0.4, 0.5) is 13.2 Å². The fourth-order valence-corrected chi connectivity index (χ4v) is 4.89. The highest BCUT2D eigenvalue weighted by Gasteiger charge is 2.37. The number of carbonyl (C=O) groups is 1. The normalized spacial score (nSPS) is 21.5. The number of rotatable bonds is 7. The number of thioether (sulfide) groups is 1. The van der Waals surface area contributed by atoms with Gasteiger partial charge in [0, 0.05) is 22.8 Å². The molecule has 0 unspecified atom stereocenters. The lowest BCUT2D eigenvalue weighted by molar-refractivity contribution is -0.137. The second kappa shape index (κ2) is 10.4. The molecule has 3 rings (SSSR count). The Hall–Kier alpha value is -1.77. The van der Waals surface area contributed by atoms with Gasteiger partial charge in [-0.15, -0.1) is 0 Å². The smallest absolute Gasteiger partial charge is 0.353 e. The molecule has 1 aromatic heterocycles. The Morgan fingerprint density at radius 3 is 2.38 bits per heavy atom. The van der Waals surface area contributed by atoms with E-state index in [0.717, 1.165) is 61.2 Å². The number of hydrogen-bond donors (Lipinski definition) is 1. The van der Waals surface area contributed by atoms with Crippen LogP contribution in [0.2, 0.25) is 5.02 Å². The largest absolute Gasteiger partial charge is 0.417 e. The average molecular weight is 486 g/mol. The molecular formula is C23H27ClF3N3OS. The highest BCUT2D eigenvalue weighted by Crippen LogP contribution is 2.36. The van der Waals surface area contributed by atoms with Gasteiger partial charge in [-0.25, -0.2) is 4.98 Å². The predicted octanol–water partition coefficient (Wildman–Crippen LogP) is 5.45. The number of alkyl halides is 3. The maximum atomic E-state index is 12.6. The number of halogens is 4. The van der Waals surface area contributed by atoms with Crippen molar-refractivity contribution >= 4 is 29.3 Å². The molecule has 0 saturated heterocycles. The van der Waals surface area contributed by atoms with Crippen molar-refractivity contribution in [3.8, 4) is 0 Å². The molecule has 1 aromatic carbocycles. The fourth-order valence-electron chi connectivity index (χ4n) is 4.11. The Morgan fingerprint density at radius 1 is 1.19 bits per heavy atom. The van der Waals surface area contributed by atoms with Crippen LogP contribution in [0.5, 0.6) is 0 Å². The number of carbonyl (C=O) groups excluding carboxylic acids is 1. The molecule has 2 aromatic rings. The molecule has 0 atom stereocenters. The van der Waals surface area contributed by atoms with Crippen LogP contribution in [0.3, 0.4) is 0 Å². The fraction of sp³-hybridized carbons (Fsp3) is 0.478. The molecule has 1 aliphatic rings. The van der Waals surface area contributed by atoms with E-state index in [9.17, 15) is 18.0 Å². The number of nitrogens with zero attached hydrogens (tertiary/aromatic N) is 2. The minimum absolute atomic E-state index is 0.0357. The minimum atomic E-state index is -4.41. The van der Waals surface area contributed by atoms with Gasteiger partial charge in [0.05, 0.1) is 16.3 Å². The van der Waals surface area contributed by atoms with E-state index in [0.29, 0.717) is 5.03 Å². The van der Waals surface area contributed by atoms with Gasteiger partial charge in [0.1, 0.15) is 0 Å². The summed E-state index contributed by atoms with van der Waals surface area (Å²) in [7, 11) is 4.20. The third-order valence-electron chi connectivity index (χ3n) is 6.09. The minimum Gasteiger partial charge on any atom is -0.353 e. The van der Waals surface area contributed by atoms with Gasteiger partial charge in [0.25, 0.3) is 0 Å². The molecule has 1 N–H and O–H groups in total. The lowest BCUT2D eigenvalue weighted by Gasteiger charge is -2.45. The van der Waals surface area contributed by atoms with Gasteiger partial charge in [0.15, 0.2) is 0 Å². The standard InChI is InChI=1S/C23H27ClF3N3OS/c1-30(2)22(13-16-3-6-18(24)7-4-16)11-9-19(10-12-22)29-20(31)15-32-21-8-5-17(14-28-21)23(25,26)27/h3-8,14,19H,9-13,15H2,1-2H3,(H,29,31). The lowest BCUT2D eigenvalue weighted by Crippen LogP contribution is -2.52. The van der Waals surface area contributed by atoms with Crippen molar-refractivity contribution < 1.29 is 18.0 Å². The van der Waals surface area contributed by atoms with Crippen LogP contribution in [-0.2, 0) is 17.4 Å². The zero-order valence-corrected chi connectivity index (χ0v) is 19.7. The van der Waals surface area contributed by atoms with Crippen molar-refractivity contribution in [2.45, 2.75) is 54.9 Å². The Balaban J connectivity index is 1.48. The van der Waals surface area contributed by atoms with Crippen LogP contribution < -0.4 is 5.32 Å². The summed E-state index contributed by atoms with van der Waals surface area (Å²) in [6.45, 7) is 0. The van der Waals surface area contributed by atoms with Gasteiger partial charge in [0.2, 0.25) is 5.91 Å². The maximum Gasteiger partial charge on any atom is 0.417 e. The van der Waals surface area contributed by atoms with E-state index >= 15 is 0 Å². The monoisotopic (exact) mass is 485 g/mol. The Kier molecular flexibility index (Phi) is 8.11. The molecule has 0 spiro atoms. The molecule has 0 radical (unpaired) electrons. The van der Waals surface area contributed by atoms with Gasteiger partial charge in [-0.2, -0.15) is 13.2 Å². The summed E-state index contributed by atoms with van der Waals surface area (Å²) < 4.78 is 37.9. The summed E-state index contributed by atoms with van der Waals surface area (Å²) in [6, 6.07) is 10.3. The summed E-state index contributed by atoms with van der Waals surface area (Å²) in [6.07, 6.45) is 0.976. The number of amides is 1. The van der Waals surface area contributed by atoms with Gasteiger partial charge in [-0.3, -0.25) is 4.79 Å². The van der Waals surface area contributed by atoms with Crippen LogP contribution in [0.1, 0.15) is 36.8 Å². The van der Waals surface area contributed by atoms with Gasteiger partial charge in [-0.05, 0) is 76.0 Å². The third-order valence-corrected chi connectivity index (χ3v) is 7.29. The summed E-state index contributed by atoms with van der Waals surface area (Å²) in [5, 5.41) is 4.19. The molecule has 1 fully saturated rings. The van der Waals surface area contributed by atoms with Crippen molar-refractivity contribution in [2.24, 2.45) is 0 Å². The van der Waals surface area contributed by atoms with Gasteiger partial charge < -0.3 is 10.2 Å². The van der Waals surface area contributed by atoms with Crippen molar-refractivity contribution in [1.82, 2.24) is 15.2 Å². The molecule has 0 bridgehead atoms. The highest BCUT2D eigenvalue weighted by atomic mass is 35.5. The van der Waals surface area contributed by atoms with E-state index < -0.39 is 11.7 Å². The SMILES string of the molecule is CN(C)C1(Cc2ccc(Cl)cc2)CCC(NC(=O)CSc2ccc(C(F)(F)F)cn2)CC1. The number of aromatic nitrogens is 1. The van der Waals surface area contributed by atoms with E-state index in [2.05, 4.69) is 41.4 Å². The Bertz CT molecular complexity index is 896. The summed E-state index contributed by atoms with van der Waals surface area (Å²) in [4.78, 5) is 18.4. The molecule has 4 nitrogen and oxygen atoms in total. The van der Waals surface area contributed by atoms with Crippen molar-refractivity contribution in [3.63, 3.8) is 0 Å². The van der Waals surface area contributed by atoms with E-state index in [1.165, 1.54) is 11.6 Å². The van der Waals surface area contributed by atoms with Crippen LogP contribution in [0.25, 0.3) is 0 Å². The van der Waals surface area contributed by atoms with E-state index in [1.807, 2.05) is 12.1 Å². The van der Waals surface area contributed by atoms with Crippen LogP contribution in [-0.4, -0.2) is 47.2 Å². The van der Waals surface area contributed by atoms with E-state index in [4.69, 9.17) is 11.6 Å². The van der Waals surface area contributed by atoms with Crippen LogP contribution >= 0.6 is 23.4 Å². The molecule has 0 aliphatic heterocycles. The maximum absolute atomic E-state index is 12.6. The number of benzene rings is 1. The number of nitrogens with one attached hydrogen (secondary N) is 1. The molecule has 174 valence electrons. The second-order valence-corrected chi connectivity index (χ2v) is 9.87. The molecular weight excluding hydrogens is 459 g/mol. The second-order valence-electron chi connectivity index (χ2n) is 8.44. The molecule has 1 heterocycles. The quantitative estimate of drug-likeness (QED) is 0.530. The third kappa shape index (κ3) is 6.62. The number of pyridine rings is 1. The van der Waals surface area contributed by atoms with Crippen LogP contribution in [0, 0.1) is 0 Å². The Morgan fingerprint density at radius 2 is 1.84 bits per heavy atom. The molecule has 1 saturated carbocycles. The highest BCUT2D eigenvalue weighted by molar-refractivity contribution is 7.99. The first-order valence-corrected chi connectivity index (χ1v) is 11.8. The topological polar surface area (TPSA) is 45.2 Å². The summed E-state index contributed by atoms with van der Waals surface area (Å²) in [5.41, 5.74) is 0.482. The molecule has 9 heteroatoms. The van der Waals surface area contributed by atoms with Crippen molar-refractivity contribution in [3.05, 3.63) is 58.7 Å². The Labute approximate surface area is 195 Å². The van der Waals surface area contributed by atoms with E-state index in [1.54, 1.807) is 0 Å². The summed E-state index contributed by atoms with van der Waals surface area (Å²) >= 11 is 7.14. The molecule has 1 aliphatic carbocycles. The first-order valence-electron chi connectivity index (χ1n) is 10.4. The van der Waals surface area contributed by atoms with Gasteiger partial charge in [-0.1, -0.05) is 35.5 Å².